The van der Waals surface area contributed by atoms with E-state index in [-0.39, 0.29) is 0 Å². The predicted molar refractivity (Wildman–Crippen MR) is 27.8 cm³/mol. The Bertz CT molecular complexity index is 36.5. The van der Waals surface area contributed by atoms with Gasteiger partial charge in [-0.1, -0.05) is 6.08 Å². The van der Waals surface area contributed by atoms with Gasteiger partial charge in [0.25, 0.3) is 0 Å². The third kappa shape index (κ3) is 3.92. The smallest absolute Gasteiger partial charge is 0.226 e. The van der Waals surface area contributed by atoms with Crippen molar-refractivity contribution in [3.05, 3.63) is 12.7 Å². The molecule has 34 valence electrons. The van der Waals surface area contributed by atoms with Gasteiger partial charge >= 0.3 is 0 Å². The Balaban J connectivity index is 2.49. The van der Waals surface area contributed by atoms with E-state index in [0.717, 1.165) is 0 Å². The molecule has 0 aliphatic carbocycles. The zero-order valence-corrected chi connectivity index (χ0v) is 4.90. The molecule has 0 saturated carbocycles. The highest BCUT2D eigenvalue weighted by Crippen LogP contribution is 1.66. The van der Waals surface area contributed by atoms with Gasteiger partial charge in [-0.25, -0.2) is 0 Å². The summed E-state index contributed by atoms with van der Waals surface area (Å²) in [5, 5.41) is 0. The number of hydrogen-bond acceptors (Lipinski definition) is 1. The molecule has 0 spiro atoms. The third-order valence-corrected chi connectivity index (χ3v) is 0.801. The Morgan fingerprint density at radius 3 is 2.83 bits per heavy atom. The van der Waals surface area contributed by atoms with Crippen molar-refractivity contribution in [3.8, 4) is 0 Å². The molecule has 0 atom stereocenters. The van der Waals surface area contributed by atoms with Gasteiger partial charge in [0.1, 0.15) is 0 Å². The normalized spacial score (nSPS) is 8.17. The van der Waals surface area contributed by atoms with Crippen LogP contribution in [0.15, 0.2) is 12.7 Å². The molecular formula is C4H8OSi. The monoisotopic (exact) mass is 100 g/mol. The van der Waals surface area contributed by atoms with Crippen molar-refractivity contribution in [1.29, 1.82) is 0 Å². The molecule has 0 aliphatic heterocycles. The van der Waals surface area contributed by atoms with Crippen LogP contribution in [0.1, 0.15) is 0 Å². The first-order valence-corrected chi connectivity index (χ1v) is 3.22. The van der Waals surface area contributed by atoms with Crippen LogP contribution >= 0.6 is 0 Å². The quantitative estimate of drug-likeness (QED) is 0.290. The van der Waals surface area contributed by atoms with E-state index in [1.807, 2.05) is 6.55 Å². The summed E-state index contributed by atoms with van der Waals surface area (Å²) in [6, 6.07) is 0. The van der Waals surface area contributed by atoms with Gasteiger partial charge < -0.3 is 4.43 Å². The van der Waals surface area contributed by atoms with Gasteiger partial charge in [0.15, 0.2) is 0 Å². The summed E-state index contributed by atoms with van der Waals surface area (Å²) >= 11 is 0. The van der Waals surface area contributed by atoms with Gasteiger partial charge in [0.05, 0.1) is 6.61 Å². The first-order chi connectivity index (χ1) is 2.91. The largest absolute Gasteiger partial charge is 0.414 e. The Labute approximate surface area is 41.0 Å². The SMILES string of the molecule is C=CCO[Si]C. The van der Waals surface area contributed by atoms with Crippen LogP contribution in [0.2, 0.25) is 6.55 Å². The molecule has 0 aliphatic rings. The summed E-state index contributed by atoms with van der Waals surface area (Å²) in [6.07, 6.45) is 1.75. The fourth-order valence-electron chi connectivity index (χ4n) is 0.142. The van der Waals surface area contributed by atoms with Crippen LogP contribution in [-0.4, -0.2) is 16.4 Å². The second-order valence-corrected chi connectivity index (χ2v) is 1.50. The molecule has 0 heterocycles. The van der Waals surface area contributed by atoms with Crippen LogP contribution in [0, 0.1) is 0 Å². The maximum absolute atomic E-state index is 4.89. The molecule has 0 amide bonds. The van der Waals surface area contributed by atoms with Crippen LogP contribution in [0.3, 0.4) is 0 Å². The molecular weight excluding hydrogens is 92.1 g/mol. The second kappa shape index (κ2) is 4.92. The molecule has 0 aromatic heterocycles. The van der Waals surface area contributed by atoms with Crippen LogP contribution in [0.5, 0.6) is 0 Å². The molecule has 0 fully saturated rings. The Morgan fingerprint density at radius 2 is 2.67 bits per heavy atom. The van der Waals surface area contributed by atoms with E-state index < -0.39 is 0 Å². The fourth-order valence-corrected chi connectivity index (χ4v) is 0.427. The molecule has 0 aromatic carbocycles. The molecule has 0 unspecified atom stereocenters. The van der Waals surface area contributed by atoms with E-state index in [4.69, 9.17) is 4.43 Å². The maximum atomic E-state index is 4.89. The summed E-state index contributed by atoms with van der Waals surface area (Å²) < 4.78 is 4.89. The van der Waals surface area contributed by atoms with E-state index in [0.29, 0.717) is 16.4 Å². The molecule has 0 bridgehead atoms. The minimum atomic E-state index is 0.593. The predicted octanol–water partition coefficient (Wildman–Crippen LogP) is 0.856. The lowest BCUT2D eigenvalue weighted by Gasteiger charge is -1.86. The van der Waals surface area contributed by atoms with E-state index >= 15 is 0 Å². The Hall–Kier alpha value is -0.0831. The highest BCUT2D eigenvalue weighted by molar-refractivity contribution is 6.24. The van der Waals surface area contributed by atoms with Crippen LogP contribution in [0.4, 0.5) is 0 Å². The third-order valence-electron chi connectivity index (χ3n) is 0.346. The number of hydrogen-bond donors (Lipinski definition) is 0. The summed E-state index contributed by atoms with van der Waals surface area (Å²) in [5.41, 5.74) is 0. The molecule has 2 radical (unpaired) electrons. The lowest BCUT2D eigenvalue weighted by atomic mass is 10.7. The Morgan fingerprint density at radius 1 is 2.00 bits per heavy atom. The minimum Gasteiger partial charge on any atom is -0.414 e. The van der Waals surface area contributed by atoms with E-state index in [1.165, 1.54) is 0 Å². The van der Waals surface area contributed by atoms with Gasteiger partial charge in [-0.3, -0.25) is 0 Å². The number of rotatable bonds is 3. The lowest BCUT2D eigenvalue weighted by molar-refractivity contribution is 0.389. The average molecular weight is 100 g/mol. The summed E-state index contributed by atoms with van der Waals surface area (Å²) in [5.74, 6) is 0. The van der Waals surface area contributed by atoms with E-state index in [2.05, 4.69) is 6.58 Å². The standard InChI is InChI=1S/C4H8OSi/c1-3-4-5-6-2/h3H,1,4H2,2H3. The molecule has 0 aromatic rings. The average Bonchev–Trinajstić information content (AvgIpc) is 1.61. The van der Waals surface area contributed by atoms with Crippen LogP contribution < -0.4 is 0 Å². The summed E-state index contributed by atoms with van der Waals surface area (Å²) in [6.45, 7) is 6.16. The van der Waals surface area contributed by atoms with Gasteiger partial charge in [0, 0.05) is 0 Å². The zero-order chi connectivity index (χ0) is 4.83. The van der Waals surface area contributed by atoms with Crippen molar-refractivity contribution >= 4 is 9.76 Å². The molecule has 0 saturated heterocycles. The molecule has 1 nitrogen and oxygen atoms in total. The first-order valence-electron chi connectivity index (χ1n) is 1.81. The van der Waals surface area contributed by atoms with Crippen molar-refractivity contribution in [2.75, 3.05) is 6.61 Å². The Kier molecular flexibility index (Phi) is 4.85. The highest BCUT2D eigenvalue weighted by Gasteiger charge is 1.71. The lowest BCUT2D eigenvalue weighted by Crippen LogP contribution is -1.90. The topological polar surface area (TPSA) is 9.23 Å². The van der Waals surface area contributed by atoms with Crippen molar-refractivity contribution in [2.45, 2.75) is 6.55 Å². The summed E-state index contributed by atoms with van der Waals surface area (Å²) in [7, 11) is 0.593. The van der Waals surface area contributed by atoms with Gasteiger partial charge in [-0.05, 0) is 6.55 Å². The molecule has 0 N–H and O–H groups in total. The second-order valence-electron chi connectivity index (χ2n) is 0.804. The maximum Gasteiger partial charge on any atom is 0.226 e. The van der Waals surface area contributed by atoms with Gasteiger partial charge in [0.2, 0.25) is 9.76 Å². The first kappa shape index (κ1) is 5.92. The molecule has 0 rings (SSSR count). The van der Waals surface area contributed by atoms with Crippen LogP contribution in [-0.2, 0) is 4.43 Å². The van der Waals surface area contributed by atoms with E-state index in [1.54, 1.807) is 6.08 Å². The fraction of sp³-hybridized carbons (Fsp3) is 0.500. The van der Waals surface area contributed by atoms with Gasteiger partial charge in [-0.15, -0.1) is 6.58 Å². The van der Waals surface area contributed by atoms with Crippen molar-refractivity contribution in [2.24, 2.45) is 0 Å². The molecule has 2 heteroatoms. The van der Waals surface area contributed by atoms with Crippen LogP contribution in [0.25, 0.3) is 0 Å². The summed E-state index contributed by atoms with van der Waals surface area (Å²) in [4.78, 5) is 0. The minimum absolute atomic E-state index is 0.593. The highest BCUT2D eigenvalue weighted by atomic mass is 28.2. The zero-order valence-electron chi connectivity index (χ0n) is 3.90. The van der Waals surface area contributed by atoms with Crippen molar-refractivity contribution in [3.63, 3.8) is 0 Å². The van der Waals surface area contributed by atoms with Crippen molar-refractivity contribution < 1.29 is 4.43 Å². The van der Waals surface area contributed by atoms with Crippen molar-refractivity contribution in [1.82, 2.24) is 0 Å². The van der Waals surface area contributed by atoms with E-state index in [9.17, 15) is 0 Å². The van der Waals surface area contributed by atoms with Gasteiger partial charge in [-0.2, -0.15) is 0 Å². The molecule has 6 heavy (non-hydrogen) atoms.